The number of fused-ring (bicyclic) bond motifs is 2. The molecule has 2 heterocycles. The molecule has 6 nitrogen and oxygen atoms in total. The van der Waals surface area contributed by atoms with Crippen LogP contribution in [0.2, 0.25) is 0 Å². The second kappa shape index (κ2) is 9.75. The van der Waals surface area contributed by atoms with E-state index in [1.165, 1.54) is 0 Å². The Morgan fingerprint density at radius 2 is 1.67 bits per heavy atom. The Hall–Kier alpha value is -3.10. The number of benzene rings is 3. The van der Waals surface area contributed by atoms with Gasteiger partial charge in [0, 0.05) is 14.6 Å². The van der Waals surface area contributed by atoms with Crippen LogP contribution in [0, 0.1) is 5.92 Å². The van der Waals surface area contributed by atoms with Gasteiger partial charge in [0.15, 0.2) is 16.9 Å². The quantitative estimate of drug-likeness (QED) is 0.232. The minimum Gasteiger partial charge on any atom is -0.493 e. The maximum absolute atomic E-state index is 13.8. The molecule has 184 valence electrons. The van der Waals surface area contributed by atoms with Crippen LogP contribution in [0.5, 0.6) is 11.5 Å². The summed E-state index contributed by atoms with van der Waals surface area (Å²) in [5.41, 5.74) is 1.77. The van der Waals surface area contributed by atoms with Crippen molar-refractivity contribution in [3.8, 4) is 11.5 Å². The zero-order chi connectivity index (χ0) is 25.6. The van der Waals surface area contributed by atoms with Gasteiger partial charge in [-0.25, -0.2) is 0 Å². The van der Waals surface area contributed by atoms with Crippen LogP contribution in [-0.2, 0) is 0 Å². The van der Waals surface area contributed by atoms with E-state index in [1.807, 2.05) is 42.5 Å². The highest BCUT2D eigenvalue weighted by Crippen LogP contribution is 2.43. The van der Waals surface area contributed by atoms with Crippen LogP contribution in [0.3, 0.4) is 0 Å². The van der Waals surface area contributed by atoms with Crippen LogP contribution in [0.4, 0.5) is 5.69 Å². The monoisotopic (exact) mass is 611 g/mol. The Kier molecular flexibility index (Phi) is 6.66. The van der Waals surface area contributed by atoms with Gasteiger partial charge in [0.1, 0.15) is 5.58 Å². The van der Waals surface area contributed by atoms with Gasteiger partial charge in [-0.05, 0) is 66.1 Å². The highest BCUT2D eigenvalue weighted by Gasteiger charge is 2.44. The molecule has 1 aromatic heterocycles. The molecule has 1 unspecified atom stereocenters. The summed E-state index contributed by atoms with van der Waals surface area (Å²) < 4.78 is 19.2. The molecule has 5 rings (SSSR count). The number of ether oxygens (including phenoxy) is 2. The van der Waals surface area contributed by atoms with Crippen molar-refractivity contribution >= 4 is 54.4 Å². The van der Waals surface area contributed by atoms with Crippen molar-refractivity contribution in [3.63, 3.8) is 0 Å². The predicted molar refractivity (Wildman–Crippen MR) is 146 cm³/mol. The predicted octanol–water partition coefficient (Wildman–Crippen LogP) is 7.11. The van der Waals surface area contributed by atoms with Gasteiger partial charge in [0.2, 0.25) is 5.76 Å². The second-order valence-corrected chi connectivity index (χ2v) is 10.8. The van der Waals surface area contributed by atoms with E-state index in [9.17, 15) is 9.59 Å². The van der Waals surface area contributed by atoms with Gasteiger partial charge in [0.25, 0.3) is 5.91 Å². The molecular weight excluding hydrogens is 590 g/mol. The molecule has 8 heteroatoms. The van der Waals surface area contributed by atoms with Gasteiger partial charge in [-0.3, -0.25) is 14.5 Å². The van der Waals surface area contributed by atoms with E-state index in [-0.39, 0.29) is 17.1 Å². The van der Waals surface area contributed by atoms with Crippen molar-refractivity contribution in [2.24, 2.45) is 5.92 Å². The summed E-state index contributed by atoms with van der Waals surface area (Å²) in [6.07, 6.45) is 0. The first kappa shape index (κ1) is 24.6. The van der Waals surface area contributed by atoms with E-state index >= 15 is 0 Å². The van der Waals surface area contributed by atoms with Gasteiger partial charge in [-0.2, -0.15) is 0 Å². The minimum absolute atomic E-state index is 0.0434. The summed E-state index contributed by atoms with van der Waals surface area (Å²) in [4.78, 5) is 29.1. The van der Waals surface area contributed by atoms with Crippen molar-refractivity contribution in [3.05, 3.63) is 96.7 Å². The fraction of sp³-hybridized carbons (Fsp3) is 0.214. The number of methoxy groups -OCH3 is 1. The van der Waals surface area contributed by atoms with Gasteiger partial charge in [-0.1, -0.05) is 51.8 Å². The normalized spacial score (nSPS) is 15.0. The van der Waals surface area contributed by atoms with Crippen LogP contribution in [0.15, 0.2) is 78.8 Å². The zero-order valence-corrected chi connectivity index (χ0v) is 23.1. The molecule has 0 bridgehead atoms. The number of hydrogen-bond donors (Lipinski definition) is 0. The Bertz CT molecular complexity index is 1530. The summed E-state index contributed by atoms with van der Waals surface area (Å²) in [5, 5.41) is 0.405. The third-order valence-corrected chi connectivity index (χ3v) is 7.03. The lowest BCUT2D eigenvalue weighted by atomic mass is 9.97. The number of rotatable bonds is 6. The molecule has 0 radical (unpaired) electrons. The average Bonchev–Trinajstić information content (AvgIpc) is 3.16. The molecule has 1 aliphatic heterocycles. The third-order valence-electron chi connectivity index (χ3n) is 6.01. The second-order valence-electron chi connectivity index (χ2n) is 8.98. The fourth-order valence-electron chi connectivity index (χ4n) is 4.36. The van der Waals surface area contributed by atoms with Crippen molar-refractivity contribution in [2.75, 3.05) is 18.6 Å². The van der Waals surface area contributed by atoms with Crippen LogP contribution >= 0.6 is 31.9 Å². The maximum atomic E-state index is 13.8. The summed E-state index contributed by atoms with van der Waals surface area (Å²) in [5.74, 6) is 1.14. The van der Waals surface area contributed by atoms with E-state index in [4.69, 9.17) is 13.9 Å². The molecule has 4 aromatic rings. The van der Waals surface area contributed by atoms with Crippen LogP contribution in [0.1, 0.15) is 41.6 Å². The number of anilines is 1. The Morgan fingerprint density at radius 1 is 0.944 bits per heavy atom. The minimum atomic E-state index is -0.707. The number of carbonyl (C=O) groups excluding carboxylic acids is 1. The van der Waals surface area contributed by atoms with Gasteiger partial charge < -0.3 is 13.9 Å². The average molecular weight is 613 g/mol. The summed E-state index contributed by atoms with van der Waals surface area (Å²) >= 11 is 6.88. The first-order valence-electron chi connectivity index (χ1n) is 11.4. The molecule has 36 heavy (non-hydrogen) atoms. The molecule has 0 N–H and O–H groups in total. The molecule has 1 aliphatic rings. The molecule has 1 amide bonds. The largest absolute Gasteiger partial charge is 0.493 e. The zero-order valence-electron chi connectivity index (χ0n) is 19.9. The molecular formula is C28H23Br2NO5. The fourth-order valence-corrected chi connectivity index (χ4v) is 4.98. The van der Waals surface area contributed by atoms with E-state index < -0.39 is 6.04 Å². The van der Waals surface area contributed by atoms with Gasteiger partial charge in [-0.15, -0.1) is 0 Å². The molecule has 0 fully saturated rings. The van der Waals surface area contributed by atoms with Crippen LogP contribution < -0.4 is 19.8 Å². The number of nitrogens with zero attached hydrogens (tertiary/aromatic N) is 1. The summed E-state index contributed by atoms with van der Waals surface area (Å²) in [6.45, 7) is 4.68. The SMILES string of the molecule is COc1cc(C2c3c(oc4ccc(Br)cc4c3=O)C(=O)N2c2ccc(Br)cc2)ccc1OCC(C)C. The molecule has 3 aromatic carbocycles. The Labute approximate surface area is 225 Å². The summed E-state index contributed by atoms with van der Waals surface area (Å²) in [6, 6.07) is 17.4. The Balaban J connectivity index is 1.73. The highest BCUT2D eigenvalue weighted by molar-refractivity contribution is 9.10. The van der Waals surface area contributed by atoms with E-state index in [0.717, 1.165) is 8.95 Å². The van der Waals surface area contributed by atoms with Crippen molar-refractivity contribution in [1.29, 1.82) is 0 Å². The standard InChI is InChI=1S/C28H23Br2NO5/c1-15(2)14-35-22-10-4-16(12-23(22)34-3)25-24-26(32)20-13-18(30)7-11-21(20)36-27(24)28(33)31(25)19-8-5-17(29)6-9-19/h4-13,15,25H,14H2,1-3H3. The smallest absolute Gasteiger partial charge is 0.295 e. The Morgan fingerprint density at radius 3 is 2.36 bits per heavy atom. The lowest BCUT2D eigenvalue weighted by Crippen LogP contribution is -2.29. The number of carbonyl (C=O) groups is 1. The maximum Gasteiger partial charge on any atom is 0.295 e. The third kappa shape index (κ3) is 4.33. The number of halogens is 2. The molecule has 1 atom stereocenters. The molecule has 0 spiro atoms. The van der Waals surface area contributed by atoms with E-state index in [1.54, 1.807) is 30.2 Å². The molecule has 0 saturated carbocycles. The first-order valence-corrected chi connectivity index (χ1v) is 13.0. The van der Waals surface area contributed by atoms with Crippen molar-refractivity contribution in [2.45, 2.75) is 19.9 Å². The van der Waals surface area contributed by atoms with Crippen molar-refractivity contribution in [1.82, 2.24) is 0 Å². The lowest BCUT2D eigenvalue weighted by molar-refractivity contribution is 0.0971. The summed E-state index contributed by atoms with van der Waals surface area (Å²) in [7, 11) is 1.57. The van der Waals surface area contributed by atoms with Crippen LogP contribution in [0.25, 0.3) is 11.0 Å². The first-order chi connectivity index (χ1) is 17.3. The van der Waals surface area contributed by atoms with Gasteiger partial charge in [0.05, 0.1) is 30.7 Å². The molecule has 0 saturated heterocycles. The number of hydrogen-bond acceptors (Lipinski definition) is 5. The topological polar surface area (TPSA) is 69.0 Å². The number of amides is 1. The van der Waals surface area contributed by atoms with Gasteiger partial charge >= 0.3 is 0 Å². The highest BCUT2D eigenvalue weighted by atomic mass is 79.9. The van der Waals surface area contributed by atoms with Crippen LogP contribution in [-0.4, -0.2) is 19.6 Å². The van der Waals surface area contributed by atoms with E-state index in [2.05, 4.69) is 45.7 Å². The lowest BCUT2D eigenvalue weighted by Gasteiger charge is -2.26. The van der Waals surface area contributed by atoms with Crippen molar-refractivity contribution < 1.29 is 18.7 Å². The van der Waals surface area contributed by atoms with E-state index in [0.29, 0.717) is 51.8 Å². The molecule has 0 aliphatic carbocycles.